The molecule has 1 aromatic rings. The van der Waals surface area contributed by atoms with E-state index in [1.165, 1.54) is 0 Å². The second-order valence-corrected chi connectivity index (χ2v) is 6.10. The Labute approximate surface area is 107 Å². The van der Waals surface area contributed by atoms with Crippen molar-refractivity contribution in [2.75, 3.05) is 22.9 Å². The van der Waals surface area contributed by atoms with Crippen LogP contribution in [0.5, 0.6) is 0 Å². The smallest absolute Gasteiger partial charge is 0.137 e. The van der Waals surface area contributed by atoms with E-state index in [2.05, 4.69) is 28.7 Å². The van der Waals surface area contributed by atoms with Crippen LogP contribution in [0.2, 0.25) is 0 Å². The van der Waals surface area contributed by atoms with Crippen molar-refractivity contribution in [3.8, 4) is 0 Å². The Morgan fingerprint density at radius 2 is 2.00 bits per heavy atom. The van der Waals surface area contributed by atoms with Crippen LogP contribution >= 0.6 is 11.8 Å². The number of anilines is 2. The van der Waals surface area contributed by atoms with E-state index < -0.39 is 0 Å². The first kappa shape index (κ1) is 12.5. The van der Waals surface area contributed by atoms with E-state index in [1.807, 2.05) is 25.6 Å². The molecule has 5 heteroatoms. The minimum atomic E-state index is 0.487. The summed E-state index contributed by atoms with van der Waals surface area (Å²) in [5.74, 6) is 3.51. The predicted molar refractivity (Wildman–Crippen MR) is 74.6 cm³/mol. The maximum atomic E-state index is 5.93. The van der Waals surface area contributed by atoms with Gasteiger partial charge in [-0.1, -0.05) is 6.92 Å². The SMILES string of the molecule is Cc1nc(N)c(C)c(N2CCSC(C)C2C)n1. The van der Waals surface area contributed by atoms with Gasteiger partial charge in [0.25, 0.3) is 0 Å². The summed E-state index contributed by atoms with van der Waals surface area (Å²) in [4.78, 5) is 11.1. The second-order valence-electron chi connectivity index (χ2n) is 4.61. The highest BCUT2D eigenvalue weighted by atomic mass is 32.2. The molecule has 0 saturated carbocycles. The van der Waals surface area contributed by atoms with Crippen LogP contribution in [0.15, 0.2) is 0 Å². The highest BCUT2D eigenvalue weighted by Gasteiger charge is 2.27. The number of nitrogens with two attached hydrogens (primary N) is 1. The summed E-state index contributed by atoms with van der Waals surface area (Å²) in [6.07, 6.45) is 0. The molecule has 0 amide bonds. The monoisotopic (exact) mass is 252 g/mol. The van der Waals surface area contributed by atoms with E-state index >= 15 is 0 Å². The standard InChI is InChI=1S/C12H20N4S/c1-7-11(13)14-10(4)15-12(7)16-5-6-17-9(3)8(16)2/h8-9H,5-6H2,1-4H3,(H2,13,14,15). The average molecular weight is 252 g/mol. The van der Waals surface area contributed by atoms with Gasteiger partial charge in [-0.2, -0.15) is 11.8 Å². The van der Waals surface area contributed by atoms with Crippen molar-refractivity contribution in [3.63, 3.8) is 0 Å². The van der Waals surface area contributed by atoms with E-state index in [4.69, 9.17) is 5.73 Å². The number of hydrogen-bond donors (Lipinski definition) is 1. The van der Waals surface area contributed by atoms with Crippen LogP contribution in [0, 0.1) is 13.8 Å². The third kappa shape index (κ3) is 2.34. The van der Waals surface area contributed by atoms with E-state index in [9.17, 15) is 0 Å². The topological polar surface area (TPSA) is 55.0 Å². The van der Waals surface area contributed by atoms with Gasteiger partial charge in [-0.3, -0.25) is 0 Å². The van der Waals surface area contributed by atoms with Crippen molar-refractivity contribution in [1.29, 1.82) is 0 Å². The summed E-state index contributed by atoms with van der Waals surface area (Å²) in [5.41, 5.74) is 6.93. The fraction of sp³-hybridized carbons (Fsp3) is 0.667. The number of nitrogen functional groups attached to an aromatic ring is 1. The van der Waals surface area contributed by atoms with Crippen molar-refractivity contribution in [3.05, 3.63) is 11.4 Å². The zero-order valence-corrected chi connectivity index (χ0v) is 11.7. The van der Waals surface area contributed by atoms with Crippen molar-refractivity contribution in [2.24, 2.45) is 0 Å². The first-order valence-corrected chi connectivity index (χ1v) is 7.04. The lowest BCUT2D eigenvalue weighted by atomic mass is 10.2. The van der Waals surface area contributed by atoms with Gasteiger partial charge in [-0.25, -0.2) is 9.97 Å². The number of rotatable bonds is 1. The largest absolute Gasteiger partial charge is 0.383 e. The van der Waals surface area contributed by atoms with Gasteiger partial charge < -0.3 is 10.6 Å². The zero-order valence-electron chi connectivity index (χ0n) is 10.9. The van der Waals surface area contributed by atoms with Crippen LogP contribution in [0.3, 0.4) is 0 Å². The van der Waals surface area contributed by atoms with E-state index in [0.717, 1.165) is 29.5 Å². The molecule has 2 atom stereocenters. The summed E-state index contributed by atoms with van der Waals surface area (Å²) < 4.78 is 0. The molecule has 0 radical (unpaired) electrons. The maximum absolute atomic E-state index is 5.93. The Morgan fingerprint density at radius 3 is 2.71 bits per heavy atom. The van der Waals surface area contributed by atoms with Crippen molar-refractivity contribution >= 4 is 23.4 Å². The summed E-state index contributed by atoms with van der Waals surface area (Å²) in [6.45, 7) is 9.46. The molecule has 2 heterocycles. The third-order valence-electron chi connectivity index (χ3n) is 3.43. The minimum absolute atomic E-state index is 0.487. The normalized spacial score (nSPS) is 25.1. The summed E-state index contributed by atoms with van der Waals surface area (Å²) in [6, 6.07) is 0.487. The number of thioether (sulfide) groups is 1. The molecule has 2 rings (SSSR count). The molecule has 0 spiro atoms. The molecule has 1 aliphatic heterocycles. The predicted octanol–water partition coefficient (Wildman–Crippen LogP) is 2.01. The number of nitrogens with zero attached hydrogens (tertiary/aromatic N) is 3. The lowest BCUT2D eigenvalue weighted by molar-refractivity contribution is 0.617. The molecule has 1 saturated heterocycles. The Morgan fingerprint density at radius 1 is 1.29 bits per heavy atom. The van der Waals surface area contributed by atoms with Gasteiger partial charge in [0.1, 0.15) is 17.5 Å². The zero-order chi connectivity index (χ0) is 12.6. The molecular weight excluding hydrogens is 232 g/mol. The fourth-order valence-corrected chi connectivity index (χ4v) is 3.25. The Hall–Kier alpha value is -0.970. The average Bonchev–Trinajstić information content (AvgIpc) is 2.27. The Balaban J connectivity index is 2.39. The lowest BCUT2D eigenvalue weighted by Gasteiger charge is -2.39. The van der Waals surface area contributed by atoms with Gasteiger partial charge in [-0.15, -0.1) is 0 Å². The molecule has 0 aromatic carbocycles. The summed E-state index contributed by atoms with van der Waals surface area (Å²) in [7, 11) is 0. The molecule has 94 valence electrons. The first-order valence-electron chi connectivity index (χ1n) is 5.99. The summed E-state index contributed by atoms with van der Waals surface area (Å²) in [5, 5.41) is 0.625. The van der Waals surface area contributed by atoms with Gasteiger partial charge >= 0.3 is 0 Å². The van der Waals surface area contributed by atoms with Crippen LogP contribution in [0.4, 0.5) is 11.6 Å². The third-order valence-corrected chi connectivity index (χ3v) is 4.76. The van der Waals surface area contributed by atoms with Crippen LogP contribution < -0.4 is 10.6 Å². The summed E-state index contributed by atoms with van der Waals surface area (Å²) >= 11 is 2.02. The van der Waals surface area contributed by atoms with Gasteiger partial charge in [0.15, 0.2) is 0 Å². The molecule has 1 aromatic heterocycles. The Bertz CT molecular complexity index is 421. The molecule has 4 nitrogen and oxygen atoms in total. The number of aromatic nitrogens is 2. The quantitative estimate of drug-likeness (QED) is 0.828. The van der Waals surface area contributed by atoms with E-state index in [1.54, 1.807) is 0 Å². The molecule has 17 heavy (non-hydrogen) atoms. The van der Waals surface area contributed by atoms with Crippen molar-refractivity contribution < 1.29 is 0 Å². The molecule has 1 aliphatic rings. The van der Waals surface area contributed by atoms with Gasteiger partial charge in [0.05, 0.1) is 0 Å². The van der Waals surface area contributed by atoms with Crippen LogP contribution in [-0.2, 0) is 0 Å². The van der Waals surface area contributed by atoms with Crippen molar-refractivity contribution in [1.82, 2.24) is 9.97 Å². The molecule has 2 N–H and O–H groups in total. The number of aryl methyl sites for hydroxylation is 1. The maximum Gasteiger partial charge on any atom is 0.137 e. The van der Waals surface area contributed by atoms with E-state index in [0.29, 0.717) is 17.1 Å². The van der Waals surface area contributed by atoms with Crippen LogP contribution in [0.1, 0.15) is 25.2 Å². The Kier molecular flexibility index (Phi) is 3.47. The highest BCUT2D eigenvalue weighted by Crippen LogP contribution is 2.30. The van der Waals surface area contributed by atoms with Gasteiger partial charge in [0.2, 0.25) is 0 Å². The molecule has 0 bridgehead atoms. The van der Waals surface area contributed by atoms with Gasteiger partial charge in [0, 0.05) is 29.2 Å². The highest BCUT2D eigenvalue weighted by molar-refractivity contribution is 8.00. The van der Waals surface area contributed by atoms with E-state index in [-0.39, 0.29) is 0 Å². The molecule has 1 fully saturated rings. The molecule has 0 aliphatic carbocycles. The molecular formula is C12H20N4S. The minimum Gasteiger partial charge on any atom is -0.383 e. The molecule has 2 unspecified atom stereocenters. The fourth-order valence-electron chi connectivity index (χ4n) is 2.15. The lowest BCUT2D eigenvalue weighted by Crippen LogP contribution is -2.45. The first-order chi connectivity index (χ1) is 8.00. The van der Waals surface area contributed by atoms with Gasteiger partial charge in [-0.05, 0) is 20.8 Å². The van der Waals surface area contributed by atoms with Crippen LogP contribution in [0.25, 0.3) is 0 Å². The number of hydrogen-bond acceptors (Lipinski definition) is 5. The van der Waals surface area contributed by atoms with Crippen LogP contribution in [-0.4, -0.2) is 33.6 Å². The van der Waals surface area contributed by atoms with Crippen molar-refractivity contribution in [2.45, 2.75) is 39.0 Å². The second kappa shape index (κ2) is 4.72.